The molecule has 0 spiro atoms. The molecular formula is C12H17BrClNO. The first-order valence-electron chi connectivity index (χ1n) is 5.36. The number of hydrogen-bond donors (Lipinski definition) is 1. The molecule has 16 heavy (non-hydrogen) atoms. The quantitative estimate of drug-likeness (QED) is 0.863. The van der Waals surface area contributed by atoms with Gasteiger partial charge in [-0.3, -0.25) is 0 Å². The molecule has 4 heteroatoms. The van der Waals surface area contributed by atoms with E-state index in [4.69, 9.17) is 16.3 Å². The van der Waals surface area contributed by atoms with E-state index in [0.717, 1.165) is 22.5 Å². The largest absolute Gasteiger partial charge is 0.383 e. The molecule has 0 aliphatic rings. The van der Waals surface area contributed by atoms with Crippen molar-refractivity contribution in [1.82, 2.24) is 5.32 Å². The summed E-state index contributed by atoms with van der Waals surface area (Å²) in [4.78, 5) is 0. The Kier molecular flexibility index (Phi) is 6.36. The summed E-state index contributed by atoms with van der Waals surface area (Å²) >= 11 is 9.45. The van der Waals surface area contributed by atoms with Crippen molar-refractivity contribution in [3.05, 3.63) is 33.3 Å². The molecule has 0 aliphatic heterocycles. The first kappa shape index (κ1) is 14.0. The molecule has 0 bridgehead atoms. The number of ether oxygens (including phenoxy) is 1. The molecule has 0 saturated heterocycles. The molecule has 0 fully saturated rings. The van der Waals surface area contributed by atoms with Crippen LogP contribution in [0.3, 0.4) is 0 Å². The molecular weight excluding hydrogens is 289 g/mol. The first-order valence-corrected chi connectivity index (χ1v) is 6.53. The van der Waals surface area contributed by atoms with Gasteiger partial charge in [0.25, 0.3) is 0 Å². The summed E-state index contributed by atoms with van der Waals surface area (Å²) in [7, 11) is 1.71. The van der Waals surface area contributed by atoms with E-state index in [1.54, 1.807) is 7.11 Å². The van der Waals surface area contributed by atoms with Gasteiger partial charge in [-0.2, -0.15) is 0 Å². The third-order valence-corrected chi connectivity index (χ3v) is 3.23. The predicted molar refractivity (Wildman–Crippen MR) is 72.1 cm³/mol. The van der Waals surface area contributed by atoms with E-state index in [2.05, 4.69) is 28.2 Å². The highest BCUT2D eigenvalue weighted by atomic mass is 79.9. The van der Waals surface area contributed by atoms with Crippen molar-refractivity contribution in [2.75, 3.05) is 20.3 Å². The van der Waals surface area contributed by atoms with Gasteiger partial charge in [0.05, 0.1) is 12.6 Å². The first-order chi connectivity index (χ1) is 7.69. The van der Waals surface area contributed by atoms with Crippen LogP contribution < -0.4 is 5.32 Å². The standard InChI is InChI=1S/C12H17BrClNO/c1-3-6-15-12(8-16-2)10-5-4-9(14)7-11(10)13/h4-5,7,12,15H,3,6,8H2,1-2H3. The van der Waals surface area contributed by atoms with Gasteiger partial charge in [-0.25, -0.2) is 0 Å². The Morgan fingerprint density at radius 2 is 2.25 bits per heavy atom. The monoisotopic (exact) mass is 305 g/mol. The van der Waals surface area contributed by atoms with Gasteiger partial charge in [0, 0.05) is 16.6 Å². The summed E-state index contributed by atoms with van der Waals surface area (Å²) in [5.74, 6) is 0. The van der Waals surface area contributed by atoms with Crippen molar-refractivity contribution in [1.29, 1.82) is 0 Å². The van der Waals surface area contributed by atoms with Crippen molar-refractivity contribution >= 4 is 27.5 Å². The molecule has 1 atom stereocenters. The maximum absolute atomic E-state index is 5.92. The van der Waals surface area contributed by atoms with Gasteiger partial charge < -0.3 is 10.1 Å². The smallest absolute Gasteiger partial charge is 0.0658 e. The molecule has 0 aliphatic carbocycles. The van der Waals surface area contributed by atoms with Crippen LogP contribution >= 0.6 is 27.5 Å². The van der Waals surface area contributed by atoms with Crippen LogP contribution in [0.1, 0.15) is 24.9 Å². The summed E-state index contributed by atoms with van der Waals surface area (Å²) < 4.78 is 6.24. The van der Waals surface area contributed by atoms with Crippen LogP contribution in [0.2, 0.25) is 5.02 Å². The molecule has 0 saturated carbocycles. The van der Waals surface area contributed by atoms with E-state index >= 15 is 0 Å². The molecule has 1 aromatic carbocycles. The highest BCUT2D eigenvalue weighted by Crippen LogP contribution is 2.26. The Labute approximate surface area is 110 Å². The molecule has 1 aromatic rings. The summed E-state index contributed by atoms with van der Waals surface area (Å²) in [5, 5.41) is 4.19. The second-order valence-electron chi connectivity index (χ2n) is 3.63. The summed E-state index contributed by atoms with van der Waals surface area (Å²) in [6.07, 6.45) is 1.10. The van der Waals surface area contributed by atoms with Crippen LogP contribution in [0.15, 0.2) is 22.7 Å². The molecule has 0 heterocycles. The Balaban J connectivity index is 2.82. The van der Waals surface area contributed by atoms with Crippen LogP contribution in [0.25, 0.3) is 0 Å². The van der Waals surface area contributed by atoms with Crippen LogP contribution in [-0.4, -0.2) is 20.3 Å². The van der Waals surface area contributed by atoms with Crippen molar-refractivity contribution in [2.24, 2.45) is 0 Å². The fourth-order valence-electron chi connectivity index (χ4n) is 1.53. The van der Waals surface area contributed by atoms with Crippen LogP contribution in [-0.2, 0) is 4.74 Å². The Bertz CT molecular complexity index is 333. The second-order valence-corrected chi connectivity index (χ2v) is 4.92. The number of rotatable bonds is 6. The second kappa shape index (κ2) is 7.28. The normalized spacial score (nSPS) is 12.8. The third kappa shape index (κ3) is 4.06. The van der Waals surface area contributed by atoms with Gasteiger partial charge in [0.2, 0.25) is 0 Å². The minimum absolute atomic E-state index is 0.205. The maximum atomic E-state index is 5.92. The lowest BCUT2D eigenvalue weighted by molar-refractivity contribution is 0.167. The summed E-state index contributed by atoms with van der Waals surface area (Å²) in [5.41, 5.74) is 1.18. The summed E-state index contributed by atoms with van der Waals surface area (Å²) in [6.45, 7) is 3.77. The van der Waals surface area contributed by atoms with Crippen LogP contribution in [0, 0.1) is 0 Å². The molecule has 90 valence electrons. The van der Waals surface area contributed by atoms with Gasteiger partial charge in [0.15, 0.2) is 0 Å². The minimum Gasteiger partial charge on any atom is -0.383 e. The van der Waals surface area contributed by atoms with E-state index < -0.39 is 0 Å². The van der Waals surface area contributed by atoms with Gasteiger partial charge in [-0.05, 0) is 30.7 Å². The van der Waals surface area contributed by atoms with E-state index in [1.165, 1.54) is 5.56 Å². The fraction of sp³-hybridized carbons (Fsp3) is 0.500. The van der Waals surface area contributed by atoms with Gasteiger partial charge in [-0.15, -0.1) is 0 Å². The van der Waals surface area contributed by atoms with Gasteiger partial charge >= 0.3 is 0 Å². The number of benzene rings is 1. The molecule has 1 N–H and O–H groups in total. The average molecular weight is 307 g/mol. The van der Waals surface area contributed by atoms with Gasteiger partial charge in [-0.1, -0.05) is 40.5 Å². The number of halogens is 2. The van der Waals surface area contributed by atoms with Crippen molar-refractivity contribution in [2.45, 2.75) is 19.4 Å². The highest BCUT2D eigenvalue weighted by molar-refractivity contribution is 9.10. The van der Waals surface area contributed by atoms with E-state index in [9.17, 15) is 0 Å². The van der Waals surface area contributed by atoms with Crippen molar-refractivity contribution < 1.29 is 4.74 Å². The lowest BCUT2D eigenvalue weighted by atomic mass is 10.1. The SMILES string of the molecule is CCCNC(COC)c1ccc(Cl)cc1Br. The van der Waals surface area contributed by atoms with E-state index in [0.29, 0.717) is 6.61 Å². The van der Waals surface area contributed by atoms with Crippen LogP contribution in [0.5, 0.6) is 0 Å². The van der Waals surface area contributed by atoms with Crippen molar-refractivity contribution in [3.8, 4) is 0 Å². The Hall–Kier alpha value is -0.0900. The average Bonchev–Trinajstić information content (AvgIpc) is 2.25. The lowest BCUT2D eigenvalue weighted by Gasteiger charge is -2.19. The zero-order valence-corrected chi connectivity index (χ0v) is 11.9. The molecule has 0 amide bonds. The van der Waals surface area contributed by atoms with E-state index in [-0.39, 0.29) is 6.04 Å². The highest BCUT2D eigenvalue weighted by Gasteiger charge is 2.13. The Morgan fingerprint density at radius 3 is 2.81 bits per heavy atom. The van der Waals surface area contributed by atoms with Crippen molar-refractivity contribution in [3.63, 3.8) is 0 Å². The molecule has 0 radical (unpaired) electrons. The zero-order chi connectivity index (χ0) is 12.0. The fourth-order valence-corrected chi connectivity index (χ4v) is 2.49. The summed E-state index contributed by atoms with van der Waals surface area (Å²) in [6, 6.07) is 6.04. The molecule has 1 rings (SSSR count). The number of methoxy groups -OCH3 is 1. The molecule has 2 nitrogen and oxygen atoms in total. The van der Waals surface area contributed by atoms with Crippen LogP contribution in [0.4, 0.5) is 0 Å². The topological polar surface area (TPSA) is 21.3 Å². The van der Waals surface area contributed by atoms with Gasteiger partial charge in [0.1, 0.15) is 0 Å². The molecule has 1 unspecified atom stereocenters. The third-order valence-electron chi connectivity index (χ3n) is 2.31. The minimum atomic E-state index is 0.205. The molecule has 0 aromatic heterocycles. The zero-order valence-electron chi connectivity index (χ0n) is 9.59. The predicted octanol–water partition coefficient (Wildman–Crippen LogP) is 3.79. The number of hydrogen-bond acceptors (Lipinski definition) is 2. The van der Waals surface area contributed by atoms with E-state index in [1.807, 2.05) is 18.2 Å². The Morgan fingerprint density at radius 1 is 1.50 bits per heavy atom. The number of nitrogens with one attached hydrogen (secondary N) is 1. The maximum Gasteiger partial charge on any atom is 0.0658 e. The lowest BCUT2D eigenvalue weighted by Crippen LogP contribution is -2.26.